The number of aryl methyl sites for hydroxylation is 1. The minimum atomic E-state index is -1.48. The van der Waals surface area contributed by atoms with Gasteiger partial charge in [0.1, 0.15) is 6.67 Å². The lowest BCUT2D eigenvalue weighted by atomic mass is 10.1. The number of carboxylic acids is 1. The zero-order chi connectivity index (χ0) is 13.7. The molecule has 0 spiro atoms. The molecule has 18 heavy (non-hydrogen) atoms. The molecule has 0 fully saturated rings. The number of aliphatic carboxylic acids is 1. The molecule has 1 atom stereocenters. The fraction of sp³-hybridized carbons (Fsp3) is 0.333. The van der Waals surface area contributed by atoms with Crippen LogP contribution in [0.1, 0.15) is 11.1 Å². The molecule has 1 unspecified atom stereocenters. The largest absolute Gasteiger partial charge is 0.480 e. The van der Waals surface area contributed by atoms with Gasteiger partial charge < -0.3 is 10.4 Å². The van der Waals surface area contributed by atoms with E-state index in [9.17, 15) is 14.0 Å². The number of rotatable bonds is 5. The van der Waals surface area contributed by atoms with Crippen LogP contribution in [0.4, 0.5) is 4.39 Å². The molecule has 0 radical (unpaired) electrons. The maximum atomic E-state index is 12.3. The second-order valence-electron chi connectivity index (χ2n) is 3.86. The Morgan fingerprint density at radius 3 is 2.67 bits per heavy atom. The second-order valence-corrected chi connectivity index (χ2v) is 4.78. The zero-order valence-electron chi connectivity index (χ0n) is 9.74. The third kappa shape index (κ3) is 4.10. The van der Waals surface area contributed by atoms with E-state index in [1.54, 1.807) is 12.1 Å². The zero-order valence-corrected chi connectivity index (χ0v) is 11.3. The van der Waals surface area contributed by atoms with Gasteiger partial charge in [-0.15, -0.1) is 0 Å². The third-order valence-corrected chi connectivity index (χ3v) is 2.94. The molecular formula is C12H13BrFNO3. The topological polar surface area (TPSA) is 66.4 Å². The molecule has 1 amide bonds. The van der Waals surface area contributed by atoms with Gasteiger partial charge in [0.15, 0.2) is 6.04 Å². The van der Waals surface area contributed by atoms with Crippen LogP contribution >= 0.6 is 15.9 Å². The summed E-state index contributed by atoms with van der Waals surface area (Å²) < 4.78 is 13.2. The average Bonchev–Trinajstić information content (AvgIpc) is 2.29. The number of hydrogen-bond donors (Lipinski definition) is 2. The Kier molecular flexibility index (Phi) is 5.27. The third-order valence-electron chi connectivity index (χ3n) is 2.44. The number of hydrogen-bond acceptors (Lipinski definition) is 2. The van der Waals surface area contributed by atoms with Gasteiger partial charge in [-0.05, 0) is 30.2 Å². The number of carbonyl (C=O) groups excluding carboxylic acids is 1. The van der Waals surface area contributed by atoms with E-state index >= 15 is 0 Å². The van der Waals surface area contributed by atoms with Crippen LogP contribution in [0.25, 0.3) is 0 Å². The Hall–Kier alpha value is -1.43. The minimum absolute atomic E-state index is 0.0306. The standard InChI is InChI=1S/C12H13BrFNO3/c1-7-4-9(13)3-2-8(7)5-11(16)15-10(6-14)12(17)18/h2-4,10H,5-6H2,1H3,(H,15,16)(H,17,18). The van der Waals surface area contributed by atoms with Crippen LogP contribution in [-0.4, -0.2) is 29.7 Å². The number of nitrogens with one attached hydrogen (secondary N) is 1. The summed E-state index contributed by atoms with van der Waals surface area (Å²) in [4.78, 5) is 22.1. The van der Waals surface area contributed by atoms with Crippen molar-refractivity contribution in [3.8, 4) is 0 Å². The van der Waals surface area contributed by atoms with E-state index in [0.717, 1.165) is 15.6 Å². The highest BCUT2D eigenvalue weighted by Gasteiger charge is 2.19. The molecule has 0 bridgehead atoms. The molecule has 0 heterocycles. The van der Waals surface area contributed by atoms with Gasteiger partial charge in [-0.25, -0.2) is 9.18 Å². The van der Waals surface area contributed by atoms with E-state index in [4.69, 9.17) is 5.11 Å². The predicted octanol–water partition coefficient (Wildman–Crippen LogP) is 1.84. The van der Waals surface area contributed by atoms with Crippen molar-refractivity contribution in [2.75, 3.05) is 6.67 Å². The second kappa shape index (κ2) is 6.49. The number of halogens is 2. The molecule has 0 aliphatic heterocycles. The van der Waals surface area contributed by atoms with Crippen LogP contribution in [0.15, 0.2) is 22.7 Å². The molecule has 0 saturated carbocycles. The van der Waals surface area contributed by atoms with E-state index in [2.05, 4.69) is 21.2 Å². The Morgan fingerprint density at radius 2 is 2.17 bits per heavy atom. The lowest BCUT2D eigenvalue weighted by Gasteiger charge is -2.11. The summed E-state index contributed by atoms with van der Waals surface area (Å²) in [6.45, 7) is 0.720. The molecule has 0 saturated heterocycles. The molecule has 98 valence electrons. The fourth-order valence-electron chi connectivity index (χ4n) is 1.44. The van der Waals surface area contributed by atoms with Crippen molar-refractivity contribution in [1.29, 1.82) is 0 Å². The fourth-order valence-corrected chi connectivity index (χ4v) is 1.92. The smallest absolute Gasteiger partial charge is 0.328 e. The van der Waals surface area contributed by atoms with Crippen LogP contribution in [-0.2, 0) is 16.0 Å². The summed E-state index contributed by atoms with van der Waals surface area (Å²) in [6, 6.07) is 3.93. The number of amides is 1. The predicted molar refractivity (Wildman–Crippen MR) is 68.1 cm³/mol. The van der Waals surface area contributed by atoms with Crippen LogP contribution in [0.2, 0.25) is 0 Å². The van der Waals surface area contributed by atoms with E-state index < -0.39 is 24.6 Å². The maximum Gasteiger partial charge on any atom is 0.328 e. The van der Waals surface area contributed by atoms with Crippen LogP contribution in [0.5, 0.6) is 0 Å². The molecule has 6 heteroatoms. The van der Waals surface area contributed by atoms with Gasteiger partial charge in [0, 0.05) is 4.47 Å². The first-order chi connectivity index (χ1) is 8.43. The van der Waals surface area contributed by atoms with E-state index in [0.29, 0.717) is 0 Å². The van der Waals surface area contributed by atoms with Crippen LogP contribution in [0, 0.1) is 6.92 Å². The van der Waals surface area contributed by atoms with Gasteiger partial charge in [0.05, 0.1) is 6.42 Å². The monoisotopic (exact) mass is 317 g/mol. The first-order valence-electron chi connectivity index (χ1n) is 5.27. The molecule has 2 N–H and O–H groups in total. The van der Waals surface area contributed by atoms with Gasteiger partial charge in [-0.2, -0.15) is 0 Å². The summed E-state index contributed by atoms with van der Waals surface area (Å²) in [5.74, 6) is -1.89. The highest BCUT2D eigenvalue weighted by atomic mass is 79.9. The van der Waals surface area contributed by atoms with Crippen molar-refractivity contribution in [2.24, 2.45) is 0 Å². The Balaban J connectivity index is 2.67. The van der Waals surface area contributed by atoms with Gasteiger partial charge >= 0.3 is 5.97 Å². The first-order valence-corrected chi connectivity index (χ1v) is 6.06. The highest BCUT2D eigenvalue weighted by molar-refractivity contribution is 9.10. The molecule has 1 aromatic rings. The van der Waals surface area contributed by atoms with Crippen molar-refractivity contribution in [1.82, 2.24) is 5.32 Å². The van der Waals surface area contributed by atoms with Gasteiger partial charge in [-0.1, -0.05) is 22.0 Å². The quantitative estimate of drug-likeness (QED) is 0.870. The summed E-state index contributed by atoms with van der Waals surface area (Å²) in [5, 5.41) is 10.7. The van der Waals surface area contributed by atoms with Crippen molar-refractivity contribution in [2.45, 2.75) is 19.4 Å². The maximum absolute atomic E-state index is 12.3. The van der Waals surface area contributed by atoms with Crippen molar-refractivity contribution >= 4 is 27.8 Å². The lowest BCUT2D eigenvalue weighted by Crippen LogP contribution is -2.43. The Morgan fingerprint density at radius 1 is 1.50 bits per heavy atom. The molecule has 0 aromatic heterocycles. The van der Waals surface area contributed by atoms with Gasteiger partial charge in [0.25, 0.3) is 0 Å². The molecule has 1 rings (SSSR count). The van der Waals surface area contributed by atoms with Crippen LogP contribution < -0.4 is 5.32 Å². The number of carboxylic acid groups (broad SMARTS) is 1. The summed E-state index contributed by atoms with van der Waals surface area (Å²) in [5.41, 5.74) is 1.69. The number of alkyl halides is 1. The molecule has 4 nitrogen and oxygen atoms in total. The number of benzene rings is 1. The first kappa shape index (κ1) is 14.6. The molecular weight excluding hydrogens is 305 g/mol. The minimum Gasteiger partial charge on any atom is -0.480 e. The number of carbonyl (C=O) groups is 2. The average molecular weight is 318 g/mol. The van der Waals surface area contributed by atoms with Crippen molar-refractivity contribution in [3.05, 3.63) is 33.8 Å². The summed E-state index contributed by atoms with van der Waals surface area (Å²) in [7, 11) is 0. The SMILES string of the molecule is Cc1cc(Br)ccc1CC(=O)NC(CF)C(=O)O. The molecule has 1 aromatic carbocycles. The summed E-state index contributed by atoms with van der Waals surface area (Å²) in [6.07, 6.45) is 0.0306. The normalized spacial score (nSPS) is 11.9. The summed E-state index contributed by atoms with van der Waals surface area (Å²) >= 11 is 3.31. The molecule has 0 aliphatic rings. The molecule has 0 aliphatic carbocycles. The van der Waals surface area contributed by atoms with Crippen molar-refractivity contribution < 1.29 is 19.1 Å². The van der Waals surface area contributed by atoms with E-state index in [1.807, 2.05) is 13.0 Å². The Bertz CT molecular complexity index is 465. The van der Waals surface area contributed by atoms with Gasteiger partial charge in [-0.3, -0.25) is 4.79 Å². The Labute approximate surface area is 112 Å². The van der Waals surface area contributed by atoms with Crippen molar-refractivity contribution in [3.63, 3.8) is 0 Å². The lowest BCUT2D eigenvalue weighted by molar-refractivity contribution is -0.142. The van der Waals surface area contributed by atoms with Crippen LogP contribution in [0.3, 0.4) is 0 Å². The van der Waals surface area contributed by atoms with E-state index in [-0.39, 0.29) is 6.42 Å². The highest BCUT2D eigenvalue weighted by Crippen LogP contribution is 2.16. The van der Waals surface area contributed by atoms with Gasteiger partial charge in [0.2, 0.25) is 5.91 Å². The van der Waals surface area contributed by atoms with E-state index in [1.165, 1.54) is 0 Å².